The highest BCUT2D eigenvalue weighted by Crippen LogP contribution is 2.37. The fraction of sp³-hybridized carbons (Fsp3) is 0.345. The third-order valence-electron chi connectivity index (χ3n) is 6.55. The third-order valence-corrected chi connectivity index (χ3v) is 8.54. The molecule has 0 spiro atoms. The lowest BCUT2D eigenvalue weighted by atomic mass is 9.86. The minimum absolute atomic E-state index is 0.0785. The van der Waals surface area contributed by atoms with Crippen LogP contribution < -0.4 is 9.62 Å². The highest BCUT2D eigenvalue weighted by atomic mass is 35.5. The van der Waals surface area contributed by atoms with Crippen LogP contribution in [-0.4, -0.2) is 72.4 Å². The smallest absolute Gasteiger partial charge is 0.328 e. The monoisotopic (exact) mass is 598 g/mol. The van der Waals surface area contributed by atoms with Gasteiger partial charge in [0, 0.05) is 29.7 Å². The Labute approximate surface area is 245 Å². The van der Waals surface area contributed by atoms with Crippen molar-refractivity contribution in [1.29, 1.82) is 0 Å². The summed E-state index contributed by atoms with van der Waals surface area (Å²) in [4.78, 5) is 14.6. The summed E-state index contributed by atoms with van der Waals surface area (Å²) in [6, 6.07) is 13.6. The molecule has 0 fully saturated rings. The van der Waals surface area contributed by atoms with Crippen LogP contribution in [0.5, 0.6) is 0 Å². The lowest BCUT2D eigenvalue weighted by molar-refractivity contribution is -0.140. The topological polar surface area (TPSA) is 121 Å². The first-order valence-electron chi connectivity index (χ1n) is 13.1. The molecule has 0 bridgehead atoms. The van der Waals surface area contributed by atoms with Gasteiger partial charge in [-0.1, -0.05) is 32.4 Å². The van der Waals surface area contributed by atoms with Gasteiger partial charge in [0.25, 0.3) is 10.0 Å². The summed E-state index contributed by atoms with van der Waals surface area (Å²) in [6.45, 7) is 8.42. The molecule has 10 nitrogen and oxygen atoms in total. The largest absolute Gasteiger partial charge is 0.480 e. The number of hydrogen-bond acceptors (Lipinski definition) is 7. The maximum Gasteiger partial charge on any atom is 0.328 e. The molecule has 2 heterocycles. The van der Waals surface area contributed by atoms with Crippen LogP contribution in [0, 0.1) is 12.3 Å². The zero-order valence-electron chi connectivity index (χ0n) is 24.0. The highest BCUT2D eigenvalue weighted by Gasteiger charge is 2.43. The van der Waals surface area contributed by atoms with E-state index in [4.69, 9.17) is 11.6 Å². The molecule has 2 aromatic carbocycles. The second-order valence-electron chi connectivity index (χ2n) is 11.3. The zero-order chi connectivity index (χ0) is 30.1. The van der Waals surface area contributed by atoms with Crippen molar-refractivity contribution in [3.05, 3.63) is 71.4 Å². The number of anilines is 2. The molecule has 218 valence electrons. The van der Waals surface area contributed by atoms with Crippen molar-refractivity contribution >= 4 is 50.0 Å². The van der Waals surface area contributed by atoms with Crippen LogP contribution in [0.1, 0.15) is 26.3 Å². The standard InChI is InChI=1S/C29H35ClN6O4S/c1-19-15-21(30)18-23(16-19)41(39,40)36(27(28(37)38)29(2,3)4)22-7-8-24-20(17-22)11-13-35(24)26-10-9-25(32-33-26)31-12-14-34(5)6/h7-11,13,15-18,27H,12,14H2,1-6H3,(H,31,32)(H,37,38). The summed E-state index contributed by atoms with van der Waals surface area (Å²) in [6.07, 6.45) is 1.81. The van der Waals surface area contributed by atoms with E-state index < -0.39 is 27.4 Å². The minimum Gasteiger partial charge on any atom is -0.480 e. The summed E-state index contributed by atoms with van der Waals surface area (Å²) in [7, 11) is -0.336. The Morgan fingerprint density at radius 2 is 1.80 bits per heavy atom. The van der Waals surface area contributed by atoms with Gasteiger partial charge in [0.05, 0.1) is 16.1 Å². The number of nitrogens with zero attached hydrogens (tertiary/aromatic N) is 5. The Bertz CT molecular complexity index is 1640. The summed E-state index contributed by atoms with van der Waals surface area (Å²) in [5, 5.41) is 23.1. The van der Waals surface area contributed by atoms with Crippen LogP contribution in [0.15, 0.2) is 65.7 Å². The molecule has 2 aromatic heterocycles. The van der Waals surface area contributed by atoms with Gasteiger partial charge in [-0.15, -0.1) is 10.2 Å². The lowest BCUT2D eigenvalue weighted by Crippen LogP contribution is -2.52. The maximum absolute atomic E-state index is 14.1. The molecule has 0 aliphatic heterocycles. The number of carboxylic acids is 1. The van der Waals surface area contributed by atoms with E-state index in [1.807, 2.05) is 43.1 Å². The number of benzene rings is 2. The van der Waals surface area contributed by atoms with Gasteiger partial charge in [-0.05, 0) is 86.6 Å². The van der Waals surface area contributed by atoms with Gasteiger partial charge in [0.2, 0.25) is 0 Å². The number of aliphatic carboxylic acids is 1. The average Bonchev–Trinajstić information content (AvgIpc) is 3.29. The van der Waals surface area contributed by atoms with Gasteiger partial charge in [-0.3, -0.25) is 8.87 Å². The van der Waals surface area contributed by atoms with Crippen LogP contribution in [0.2, 0.25) is 5.02 Å². The number of hydrogen-bond donors (Lipinski definition) is 2. The molecule has 4 aromatic rings. The molecule has 1 atom stereocenters. The Hall–Kier alpha value is -3.67. The number of likely N-dealkylation sites (N-methyl/N-ethyl adjacent to an activating group) is 1. The van der Waals surface area contributed by atoms with E-state index in [1.165, 1.54) is 12.1 Å². The minimum atomic E-state index is -4.33. The molecule has 0 saturated heterocycles. The second-order valence-corrected chi connectivity index (χ2v) is 13.6. The molecular formula is C29H35ClN6O4S. The number of halogens is 1. The van der Waals surface area contributed by atoms with E-state index in [2.05, 4.69) is 20.4 Å². The first-order valence-corrected chi connectivity index (χ1v) is 14.9. The van der Waals surface area contributed by atoms with E-state index in [9.17, 15) is 18.3 Å². The SMILES string of the molecule is Cc1cc(Cl)cc(S(=O)(=O)N(c2ccc3c(ccn3-c3ccc(NCCN(C)C)nn3)c2)C(C(=O)O)C(C)(C)C)c1. The van der Waals surface area contributed by atoms with Crippen molar-refractivity contribution in [3.63, 3.8) is 0 Å². The number of rotatable bonds is 10. The molecule has 4 rings (SSSR count). The predicted octanol–water partition coefficient (Wildman–Crippen LogP) is 5.05. The molecule has 0 amide bonds. The molecule has 0 aliphatic rings. The Kier molecular flexibility index (Phi) is 8.62. The molecule has 0 saturated carbocycles. The summed E-state index contributed by atoms with van der Waals surface area (Å²) < 4.78 is 31.0. The molecule has 2 N–H and O–H groups in total. The average molecular weight is 599 g/mol. The van der Waals surface area contributed by atoms with E-state index >= 15 is 0 Å². The number of fused-ring (bicyclic) bond motifs is 1. The number of sulfonamides is 1. The van der Waals surface area contributed by atoms with Gasteiger partial charge in [-0.2, -0.15) is 0 Å². The summed E-state index contributed by atoms with van der Waals surface area (Å²) in [5.74, 6) is -0.0108. The lowest BCUT2D eigenvalue weighted by Gasteiger charge is -2.37. The van der Waals surface area contributed by atoms with Crippen LogP contribution in [0.4, 0.5) is 11.5 Å². The second kappa shape index (κ2) is 11.7. The predicted molar refractivity (Wildman–Crippen MR) is 163 cm³/mol. The Balaban J connectivity index is 1.77. The van der Waals surface area contributed by atoms with Crippen molar-refractivity contribution in [3.8, 4) is 5.82 Å². The van der Waals surface area contributed by atoms with E-state index in [0.29, 0.717) is 22.6 Å². The number of carbonyl (C=O) groups is 1. The molecular weight excluding hydrogens is 564 g/mol. The molecule has 0 radical (unpaired) electrons. The molecule has 12 heteroatoms. The quantitative estimate of drug-likeness (QED) is 0.260. The number of nitrogens with one attached hydrogen (secondary N) is 1. The number of carboxylic acid groups (broad SMARTS) is 1. The normalized spacial score (nSPS) is 13.0. The van der Waals surface area contributed by atoms with E-state index in [-0.39, 0.29) is 15.6 Å². The van der Waals surface area contributed by atoms with Gasteiger partial charge in [-0.25, -0.2) is 13.2 Å². The summed E-state index contributed by atoms with van der Waals surface area (Å²) >= 11 is 6.21. The first kappa shape index (κ1) is 30.3. The van der Waals surface area contributed by atoms with Crippen molar-refractivity contribution < 1.29 is 18.3 Å². The fourth-order valence-electron chi connectivity index (χ4n) is 4.64. The zero-order valence-corrected chi connectivity index (χ0v) is 25.5. The molecule has 41 heavy (non-hydrogen) atoms. The van der Waals surface area contributed by atoms with Gasteiger partial charge < -0.3 is 15.3 Å². The van der Waals surface area contributed by atoms with Crippen LogP contribution in [0.3, 0.4) is 0 Å². The molecule has 0 aliphatic carbocycles. The van der Waals surface area contributed by atoms with E-state index in [1.54, 1.807) is 52.0 Å². The maximum atomic E-state index is 14.1. The fourth-order valence-corrected chi connectivity index (χ4v) is 6.90. The first-order chi connectivity index (χ1) is 19.2. The summed E-state index contributed by atoms with van der Waals surface area (Å²) in [5.41, 5.74) is 0.689. The van der Waals surface area contributed by atoms with Crippen molar-refractivity contribution in [1.82, 2.24) is 19.7 Å². The third kappa shape index (κ3) is 6.64. The van der Waals surface area contributed by atoms with Crippen molar-refractivity contribution in [2.24, 2.45) is 5.41 Å². The van der Waals surface area contributed by atoms with Crippen LogP contribution in [0.25, 0.3) is 16.7 Å². The number of aryl methyl sites for hydroxylation is 1. The highest BCUT2D eigenvalue weighted by molar-refractivity contribution is 7.93. The number of aromatic nitrogens is 3. The Morgan fingerprint density at radius 1 is 1.07 bits per heavy atom. The van der Waals surface area contributed by atoms with Gasteiger partial charge in [0.15, 0.2) is 5.82 Å². The van der Waals surface area contributed by atoms with Crippen molar-refractivity contribution in [2.45, 2.75) is 38.6 Å². The Morgan fingerprint density at radius 3 is 2.39 bits per heavy atom. The van der Waals surface area contributed by atoms with E-state index in [0.717, 1.165) is 22.9 Å². The van der Waals surface area contributed by atoms with Crippen LogP contribution >= 0.6 is 11.6 Å². The van der Waals surface area contributed by atoms with Gasteiger partial charge >= 0.3 is 5.97 Å². The molecule has 1 unspecified atom stereocenters. The van der Waals surface area contributed by atoms with Gasteiger partial charge in [0.1, 0.15) is 11.9 Å². The van der Waals surface area contributed by atoms with Crippen LogP contribution in [-0.2, 0) is 14.8 Å². The van der Waals surface area contributed by atoms with Crippen molar-refractivity contribution in [2.75, 3.05) is 36.8 Å².